The zero-order valence-electron chi connectivity index (χ0n) is 16.5. The first kappa shape index (κ1) is 19.3. The van der Waals surface area contributed by atoms with Crippen LogP contribution in [-0.4, -0.2) is 16.8 Å². The molecular formula is C23H23N3O2S. The number of thiazole rings is 1. The number of hydrogen-bond acceptors (Lipinski definition) is 4. The average molecular weight is 406 g/mol. The van der Waals surface area contributed by atoms with Crippen molar-refractivity contribution < 1.29 is 9.59 Å². The molecule has 0 saturated heterocycles. The van der Waals surface area contributed by atoms with Gasteiger partial charge in [0.25, 0.3) is 5.91 Å². The van der Waals surface area contributed by atoms with E-state index < -0.39 is 0 Å². The van der Waals surface area contributed by atoms with Crippen molar-refractivity contribution in [2.45, 2.75) is 39.0 Å². The Morgan fingerprint density at radius 3 is 2.48 bits per heavy atom. The summed E-state index contributed by atoms with van der Waals surface area (Å²) in [5, 5.41) is 6.41. The predicted octanol–water partition coefficient (Wildman–Crippen LogP) is 4.93. The first-order valence-corrected chi connectivity index (χ1v) is 10.6. The summed E-state index contributed by atoms with van der Waals surface area (Å²) in [5.74, 6) is -0.513. The van der Waals surface area contributed by atoms with Crippen molar-refractivity contribution in [3.8, 4) is 0 Å². The number of hydrogen-bond donors (Lipinski definition) is 2. The molecule has 0 saturated carbocycles. The van der Waals surface area contributed by atoms with Crippen molar-refractivity contribution in [1.82, 2.24) is 4.98 Å². The molecule has 1 heterocycles. The van der Waals surface area contributed by atoms with Crippen molar-refractivity contribution >= 4 is 34.0 Å². The van der Waals surface area contributed by atoms with E-state index in [4.69, 9.17) is 0 Å². The molecule has 0 bridgehead atoms. The fraction of sp³-hybridized carbons (Fsp3) is 0.261. The van der Waals surface area contributed by atoms with Crippen LogP contribution in [0, 0.1) is 6.92 Å². The number of rotatable bonds is 5. The number of fused-ring (bicyclic) bond motifs is 1. The molecule has 3 aromatic rings. The Morgan fingerprint density at radius 2 is 1.79 bits per heavy atom. The summed E-state index contributed by atoms with van der Waals surface area (Å²) in [4.78, 5) is 30.9. The van der Waals surface area contributed by atoms with Crippen LogP contribution in [-0.2, 0) is 17.6 Å². The van der Waals surface area contributed by atoms with Crippen LogP contribution in [0.3, 0.4) is 0 Å². The molecule has 29 heavy (non-hydrogen) atoms. The molecule has 2 aromatic carbocycles. The highest BCUT2D eigenvalue weighted by Crippen LogP contribution is 2.39. The molecule has 6 heteroatoms. The number of benzene rings is 2. The Bertz CT molecular complexity index is 1040. The molecule has 2 amide bonds. The van der Waals surface area contributed by atoms with Gasteiger partial charge in [0.1, 0.15) is 0 Å². The molecule has 0 fully saturated rings. The lowest BCUT2D eigenvalue weighted by atomic mass is 10.1. The van der Waals surface area contributed by atoms with E-state index in [1.807, 2.05) is 43.3 Å². The van der Waals surface area contributed by atoms with Gasteiger partial charge in [0, 0.05) is 16.1 Å². The smallest absolute Gasteiger partial charge is 0.257 e. The van der Waals surface area contributed by atoms with Gasteiger partial charge < -0.3 is 5.32 Å². The molecular weight excluding hydrogens is 382 g/mol. The molecule has 0 aliphatic heterocycles. The topological polar surface area (TPSA) is 71.1 Å². The monoisotopic (exact) mass is 405 g/mol. The molecule has 5 nitrogen and oxygen atoms in total. The summed E-state index contributed by atoms with van der Waals surface area (Å²) in [6.07, 6.45) is 2.52. The number of carbonyl (C=O) groups is 2. The van der Waals surface area contributed by atoms with Gasteiger partial charge in [-0.2, -0.15) is 0 Å². The number of amides is 2. The van der Waals surface area contributed by atoms with Gasteiger partial charge in [-0.15, -0.1) is 11.3 Å². The van der Waals surface area contributed by atoms with Gasteiger partial charge in [0.05, 0.1) is 11.6 Å². The second kappa shape index (κ2) is 8.17. The maximum Gasteiger partial charge on any atom is 0.257 e. The Morgan fingerprint density at radius 1 is 1.07 bits per heavy atom. The van der Waals surface area contributed by atoms with Gasteiger partial charge in [-0.3, -0.25) is 14.9 Å². The largest absolute Gasteiger partial charge is 0.326 e. The third-order valence-electron chi connectivity index (χ3n) is 5.20. The molecule has 1 aliphatic rings. The van der Waals surface area contributed by atoms with E-state index in [0.29, 0.717) is 10.7 Å². The molecule has 0 spiro atoms. The number of nitrogens with one attached hydrogen (secondary N) is 2. The third-order valence-corrected chi connectivity index (χ3v) is 6.24. The summed E-state index contributed by atoms with van der Waals surface area (Å²) < 4.78 is 0. The van der Waals surface area contributed by atoms with Crippen LogP contribution in [0.25, 0.3) is 0 Å². The summed E-state index contributed by atoms with van der Waals surface area (Å²) in [5.41, 5.74) is 4.52. The van der Waals surface area contributed by atoms with Crippen molar-refractivity contribution in [3.63, 3.8) is 0 Å². The fourth-order valence-corrected chi connectivity index (χ4v) is 4.50. The van der Waals surface area contributed by atoms with Crippen LogP contribution in [0.1, 0.15) is 51.3 Å². The lowest BCUT2D eigenvalue weighted by Crippen LogP contribution is -2.20. The van der Waals surface area contributed by atoms with Crippen LogP contribution < -0.4 is 10.6 Å². The van der Waals surface area contributed by atoms with Gasteiger partial charge in [-0.05, 0) is 56.0 Å². The lowest BCUT2D eigenvalue weighted by Gasteiger charge is -2.11. The number of anilines is 2. The summed E-state index contributed by atoms with van der Waals surface area (Å²) in [7, 11) is 0. The second-order valence-corrected chi connectivity index (χ2v) is 8.36. The molecule has 148 valence electrons. The fourth-order valence-electron chi connectivity index (χ4n) is 3.46. The van der Waals surface area contributed by atoms with E-state index in [0.717, 1.165) is 41.1 Å². The normalized spacial score (nSPS) is 15.0. The minimum absolute atomic E-state index is 0.0466. The highest BCUT2D eigenvalue weighted by molar-refractivity contribution is 7.16. The van der Waals surface area contributed by atoms with E-state index in [1.165, 1.54) is 16.9 Å². The van der Waals surface area contributed by atoms with Crippen LogP contribution in [0.5, 0.6) is 0 Å². The van der Waals surface area contributed by atoms with E-state index in [2.05, 4.69) is 22.5 Å². The highest BCUT2D eigenvalue weighted by atomic mass is 32.1. The van der Waals surface area contributed by atoms with Gasteiger partial charge in [-0.25, -0.2) is 4.98 Å². The van der Waals surface area contributed by atoms with Crippen LogP contribution in [0.4, 0.5) is 10.8 Å². The lowest BCUT2D eigenvalue weighted by molar-refractivity contribution is -0.117. The standard InChI is InChI=1S/C23H23N3O2S/c1-3-15-6-10-17(11-7-15)24-22(28)18-12-13-19-20(18)25-23(29-19)26-21(27)16-8-4-14(2)5-9-16/h4-11,18H,3,12-13H2,1-2H3,(H,24,28)(H,25,26,27). The van der Waals surface area contributed by atoms with E-state index in [1.54, 1.807) is 12.1 Å². The number of nitrogens with zero attached hydrogens (tertiary/aromatic N) is 1. The van der Waals surface area contributed by atoms with Crippen molar-refractivity contribution in [1.29, 1.82) is 0 Å². The van der Waals surface area contributed by atoms with E-state index >= 15 is 0 Å². The maximum absolute atomic E-state index is 12.8. The molecule has 0 radical (unpaired) electrons. The van der Waals surface area contributed by atoms with E-state index in [9.17, 15) is 9.59 Å². The quantitative estimate of drug-likeness (QED) is 0.632. The number of aryl methyl sites for hydroxylation is 3. The highest BCUT2D eigenvalue weighted by Gasteiger charge is 2.33. The van der Waals surface area contributed by atoms with Gasteiger partial charge in [-0.1, -0.05) is 36.8 Å². The number of carbonyl (C=O) groups excluding carboxylic acids is 2. The van der Waals surface area contributed by atoms with Crippen molar-refractivity contribution in [2.24, 2.45) is 0 Å². The second-order valence-electron chi connectivity index (χ2n) is 7.28. The van der Waals surface area contributed by atoms with Crippen LogP contribution in [0.2, 0.25) is 0 Å². The van der Waals surface area contributed by atoms with Crippen molar-refractivity contribution in [2.75, 3.05) is 10.6 Å². The number of aromatic nitrogens is 1. The predicted molar refractivity (Wildman–Crippen MR) is 117 cm³/mol. The summed E-state index contributed by atoms with van der Waals surface area (Å²) in [6, 6.07) is 15.3. The Kier molecular flexibility index (Phi) is 5.45. The molecule has 1 unspecified atom stereocenters. The van der Waals surface area contributed by atoms with Crippen LogP contribution >= 0.6 is 11.3 Å². The minimum atomic E-state index is -0.280. The zero-order chi connectivity index (χ0) is 20.4. The summed E-state index contributed by atoms with van der Waals surface area (Å²) >= 11 is 1.46. The minimum Gasteiger partial charge on any atom is -0.326 e. The zero-order valence-corrected chi connectivity index (χ0v) is 17.3. The Labute approximate surface area is 174 Å². The molecule has 1 atom stereocenters. The first-order valence-electron chi connectivity index (χ1n) is 9.81. The Balaban J connectivity index is 1.44. The van der Waals surface area contributed by atoms with E-state index in [-0.39, 0.29) is 17.7 Å². The maximum atomic E-state index is 12.8. The van der Waals surface area contributed by atoms with Crippen molar-refractivity contribution in [3.05, 3.63) is 75.8 Å². The SMILES string of the molecule is CCc1ccc(NC(=O)C2CCc3sc(NC(=O)c4ccc(C)cc4)nc32)cc1. The first-order chi connectivity index (χ1) is 14.0. The van der Waals surface area contributed by atoms with Gasteiger partial charge in [0.15, 0.2) is 5.13 Å². The average Bonchev–Trinajstić information content (AvgIpc) is 3.29. The molecule has 1 aromatic heterocycles. The summed E-state index contributed by atoms with van der Waals surface area (Å²) in [6.45, 7) is 4.08. The Hall–Kier alpha value is -2.99. The van der Waals surface area contributed by atoms with Gasteiger partial charge in [0.2, 0.25) is 5.91 Å². The molecule has 2 N–H and O–H groups in total. The molecule has 4 rings (SSSR count). The van der Waals surface area contributed by atoms with Gasteiger partial charge >= 0.3 is 0 Å². The van der Waals surface area contributed by atoms with Crippen LogP contribution in [0.15, 0.2) is 48.5 Å². The molecule has 1 aliphatic carbocycles. The third kappa shape index (κ3) is 4.22.